The molecule has 0 saturated heterocycles. The van der Waals surface area contributed by atoms with Crippen LogP contribution in [0.1, 0.15) is 168 Å². The van der Waals surface area contributed by atoms with Crippen LogP contribution in [0.4, 0.5) is 0 Å². The Hall–Kier alpha value is -2.29. The summed E-state index contributed by atoms with van der Waals surface area (Å²) in [7, 11) is -4.39. The number of phosphoric acid groups is 1. The Bertz CT molecular complexity index is 1050. The van der Waals surface area contributed by atoms with Crippen molar-refractivity contribution in [1.82, 2.24) is 0 Å². The van der Waals surface area contributed by atoms with Gasteiger partial charge in [0.05, 0.1) is 13.2 Å². The van der Waals surface area contributed by atoms with Gasteiger partial charge in [0.15, 0.2) is 6.10 Å². The van der Waals surface area contributed by atoms with E-state index in [2.05, 4.69) is 74.6 Å². The number of hydrogen-bond donors (Lipinski definition) is 2. The Morgan fingerprint density at radius 3 is 1.60 bits per heavy atom. The third-order valence-corrected chi connectivity index (χ3v) is 9.39. The zero-order chi connectivity index (χ0) is 38.9. The summed E-state index contributed by atoms with van der Waals surface area (Å²) in [5.74, 6) is -0.876. The van der Waals surface area contributed by atoms with E-state index in [9.17, 15) is 19.0 Å². The summed E-state index contributed by atoms with van der Waals surface area (Å²) < 4.78 is 32.7. The Kier molecular flexibility index (Phi) is 37.7. The Labute approximate surface area is 323 Å². The van der Waals surface area contributed by atoms with E-state index in [0.29, 0.717) is 12.8 Å². The molecule has 0 aromatic rings. The summed E-state index contributed by atoms with van der Waals surface area (Å²) in [6.07, 6.45) is 45.3. The van der Waals surface area contributed by atoms with Crippen molar-refractivity contribution in [3.63, 3.8) is 0 Å². The molecule has 0 aromatic carbocycles. The average Bonchev–Trinajstić information content (AvgIpc) is 3.14. The molecule has 53 heavy (non-hydrogen) atoms. The number of phosphoric ester groups is 1. The molecular weight excluding hydrogens is 689 g/mol. The van der Waals surface area contributed by atoms with Crippen LogP contribution in [0.3, 0.4) is 0 Å². The molecule has 9 nitrogen and oxygen atoms in total. The molecule has 0 amide bonds. The van der Waals surface area contributed by atoms with E-state index >= 15 is 0 Å². The van der Waals surface area contributed by atoms with Crippen LogP contribution in [0.2, 0.25) is 0 Å². The number of carbonyl (C=O) groups excluding carboxylic acids is 2. The van der Waals surface area contributed by atoms with Gasteiger partial charge in [-0.05, 0) is 77.0 Å². The number of allylic oxidation sites excluding steroid dienone is 10. The Morgan fingerprint density at radius 2 is 1.04 bits per heavy atom. The fourth-order valence-electron chi connectivity index (χ4n) is 5.28. The second-order valence-electron chi connectivity index (χ2n) is 13.5. The predicted molar refractivity (Wildman–Crippen MR) is 219 cm³/mol. The molecule has 0 fully saturated rings. The van der Waals surface area contributed by atoms with Crippen LogP contribution < -0.4 is 5.73 Å². The smallest absolute Gasteiger partial charge is 0.462 e. The summed E-state index contributed by atoms with van der Waals surface area (Å²) in [4.78, 5) is 34.8. The topological polar surface area (TPSA) is 134 Å². The number of carbonyl (C=O) groups is 2. The van der Waals surface area contributed by atoms with Gasteiger partial charge in [-0.25, -0.2) is 4.57 Å². The van der Waals surface area contributed by atoms with Gasteiger partial charge in [0, 0.05) is 19.4 Å². The van der Waals surface area contributed by atoms with E-state index in [1.54, 1.807) is 0 Å². The lowest BCUT2D eigenvalue weighted by atomic mass is 10.1. The molecule has 0 aliphatic heterocycles. The van der Waals surface area contributed by atoms with E-state index in [4.69, 9.17) is 24.3 Å². The van der Waals surface area contributed by atoms with E-state index in [0.717, 1.165) is 77.0 Å². The maximum atomic E-state index is 12.6. The number of rotatable bonds is 38. The second kappa shape index (κ2) is 39.4. The van der Waals surface area contributed by atoms with E-state index in [1.165, 1.54) is 51.4 Å². The SMILES string of the molecule is CCCCC/C=C/C/C=C/C/C=C/CCCCCCC(=O)O[C@H](COC(=O)CCCCCCC/C=C/C=C/CCCCCC)COP(=O)(O)OCCN. The van der Waals surface area contributed by atoms with Crippen molar-refractivity contribution in [2.45, 2.75) is 174 Å². The quantitative estimate of drug-likeness (QED) is 0.0207. The van der Waals surface area contributed by atoms with Crippen LogP contribution in [-0.4, -0.2) is 49.3 Å². The lowest BCUT2D eigenvalue weighted by molar-refractivity contribution is -0.161. The van der Waals surface area contributed by atoms with Crippen molar-refractivity contribution in [2.75, 3.05) is 26.4 Å². The molecule has 306 valence electrons. The van der Waals surface area contributed by atoms with Crippen molar-refractivity contribution >= 4 is 19.8 Å². The summed E-state index contributed by atoms with van der Waals surface area (Å²) in [5.41, 5.74) is 5.34. The Balaban J connectivity index is 4.27. The van der Waals surface area contributed by atoms with Gasteiger partial charge in [0.25, 0.3) is 0 Å². The van der Waals surface area contributed by atoms with Gasteiger partial charge < -0.3 is 20.1 Å². The molecule has 0 bridgehead atoms. The molecule has 0 spiro atoms. The van der Waals surface area contributed by atoms with Crippen molar-refractivity contribution in [3.8, 4) is 0 Å². The number of hydrogen-bond acceptors (Lipinski definition) is 8. The molecule has 0 radical (unpaired) electrons. The number of unbranched alkanes of at least 4 members (excludes halogenated alkanes) is 16. The molecule has 10 heteroatoms. The van der Waals surface area contributed by atoms with Crippen molar-refractivity contribution in [1.29, 1.82) is 0 Å². The van der Waals surface area contributed by atoms with E-state index in [-0.39, 0.29) is 32.6 Å². The van der Waals surface area contributed by atoms with Gasteiger partial charge in [0.2, 0.25) is 0 Å². The zero-order valence-corrected chi connectivity index (χ0v) is 34.4. The molecule has 2 atom stereocenters. The standard InChI is InChI=1S/C43H76NO8P/c1-3-5-7-9-11-13-15-17-19-20-22-24-26-28-30-32-34-36-43(46)52-41(40-51-53(47,48)50-38-37-44)39-49-42(45)35-33-31-29-27-25-23-21-18-16-14-12-10-8-6-4-2/h11,13-14,16-19,21-22,24,41H,3-10,12,15,20,23,25-40,44H2,1-2H3,(H,47,48)/b13-11+,16-14+,19-17+,21-18+,24-22+/t41-/m1/s1. The highest BCUT2D eigenvalue weighted by Crippen LogP contribution is 2.43. The maximum absolute atomic E-state index is 12.6. The first-order chi connectivity index (χ1) is 25.8. The number of nitrogens with two attached hydrogens (primary N) is 1. The molecule has 3 N–H and O–H groups in total. The van der Waals surface area contributed by atoms with Gasteiger partial charge in [0.1, 0.15) is 6.61 Å². The summed E-state index contributed by atoms with van der Waals surface area (Å²) in [6.45, 7) is 3.62. The van der Waals surface area contributed by atoms with Crippen molar-refractivity contribution in [2.24, 2.45) is 5.73 Å². The van der Waals surface area contributed by atoms with Gasteiger partial charge >= 0.3 is 19.8 Å². The molecule has 0 saturated carbocycles. The summed E-state index contributed by atoms with van der Waals surface area (Å²) >= 11 is 0. The van der Waals surface area contributed by atoms with Crippen LogP contribution >= 0.6 is 7.82 Å². The van der Waals surface area contributed by atoms with E-state index in [1.807, 2.05) is 0 Å². The first kappa shape index (κ1) is 50.7. The van der Waals surface area contributed by atoms with Crippen LogP contribution in [0.5, 0.6) is 0 Å². The van der Waals surface area contributed by atoms with Gasteiger partial charge in [-0.3, -0.25) is 18.6 Å². The second-order valence-corrected chi connectivity index (χ2v) is 15.0. The summed E-state index contributed by atoms with van der Waals surface area (Å²) in [5, 5.41) is 0. The van der Waals surface area contributed by atoms with E-state index < -0.39 is 32.5 Å². The number of ether oxygens (including phenoxy) is 2. The first-order valence-corrected chi connectivity index (χ1v) is 22.3. The van der Waals surface area contributed by atoms with Crippen LogP contribution in [0, 0.1) is 0 Å². The predicted octanol–water partition coefficient (Wildman–Crippen LogP) is 11.7. The fraction of sp³-hybridized carbons (Fsp3) is 0.721. The zero-order valence-electron chi connectivity index (χ0n) is 33.5. The van der Waals surface area contributed by atoms with Gasteiger partial charge in [-0.2, -0.15) is 0 Å². The van der Waals surface area contributed by atoms with Crippen LogP contribution in [0.15, 0.2) is 60.8 Å². The minimum Gasteiger partial charge on any atom is -0.462 e. The highest BCUT2D eigenvalue weighted by atomic mass is 31.2. The molecular formula is C43H76NO8P. The summed E-state index contributed by atoms with van der Waals surface area (Å²) in [6, 6.07) is 0. The molecule has 1 unspecified atom stereocenters. The lowest BCUT2D eigenvalue weighted by Crippen LogP contribution is -2.29. The first-order valence-electron chi connectivity index (χ1n) is 20.8. The monoisotopic (exact) mass is 766 g/mol. The average molecular weight is 766 g/mol. The van der Waals surface area contributed by atoms with Crippen molar-refractivity contribution in [3.05, 3.63) is 60.8 Å². The lowest BCUT2D eigenvalue weighted by Gasteiger charge is -2.19. The fourth-order valence-corrected chi connectivity index (χ4v) is 6.04. The minimum absolute atomic E-state index is 0.0445. The molecule has 0 aliphatic rings. The Morgan fingerprint density at radius 1 is 0.585 bits per heavy atom. The van der Waals surface area contributed by atoms with Crippen LogP contribution in [0.25, 0.3) is 0 Å². The highest BCUT2D eigenvalue weighted by Gasteiger charge is 2.25. The molecule has 0 aromatic heterocycles. The third-order valence-electron chi connectivity index (χ3n) is 8.40. The molecule has 0 rings (SSSR count). The largest absolute Gasteiger partial charge is 0.472 e. The molecule has 0 aliphatic carbocycles. The highest BCUT2D eigenvalue weighted by molar-refractivity contribution is 7.47. The van der Waals surface area contributed by atoms with Gasteiger partial charge in [-0.15, -0.1) is 0 Å². The molecule has 0 heterocycles. The maximum Gasteiger partial charge on any atom is 0.472 e. The third kappa shape index (κ3) is 39.2. The van der Waals surface area contributed by atoms with Crippen molar-refractivity contribution < 1.29 is 37.6 Å². The number of esters is 2. The minimum atomic E-state index is -4.39. The van der Waals surface area contributed by atoms with Gasteiger partial charge in [-0.1, -0.05) is 139 Å². The van der Waals surface area contributed by atoms with Crippen LogP contribution in [-0.2, 0) is 32.7 Å². The normalized spacial score (nSPS) is 14.0.